The molecule has 1 saturated carbocycles. The van der Waals surface area contributed by atoms with Crippen LogP contribution in [0.25, 0.3) is 0 Å². The number of hydrogen-bond donors (Lipinski definition) is 3. The van der Waals surface area contributed by atoms with Crippen molar-refractivity contribution in [1.82, 2.24) is 4.57 Å². The van der Waals surface area contributed by atoms with Crippen molar-refractivity contribution in [2.24, 2.45) is 0 Å². The Morgan fingerprint density at radius 3 is 2.38 bits per heavy atom. The smallest absolute Gasteiger partial charge is 0.394 e. The van der Waals surface area contributed by atoms with Crippen molar-refractivity contribution in [2.45, 2.75) is 63.1 Å². The van der Waals surface area contributed by atoms with Gasteiger partial charge in [0.25, 0.3) is 5.56 Å². The number of benzene rings is 1. The predicted molar refractivity (Wildman–Crippen MR) is 118 cm³/mol. The van der Waals surface area contributed by atoms with Gasteiger partial charge in [-0.3, -0.25) is 9.52 Å². The summed E-state index contributed by atoms with van der Waals surface area (Å²) >= 11 is 0. The van der Waals surface area contributed by atoms with Crippen molar-refractivity contribution in [1.29, 1.82) is 0 Å². The van der Waals surface area contributed by atoms with Gasteiger partial charge in [-0.05, 0) is 56.4 Å². The maximum atomic E-state index is 14.5. The van der Waals surface area contributed by atoms with E-state index in [-0.39, 0.29) is 41.8 Å². The molecule has 7 nitrogen and oxygen atoms in total. The Balaban J connectivity index is 2.13. The van der Waals surface area contributed by atoms with Gasteiger partial charge in [0.15, 0.2) is 0 Å². The second kappa shape index (κ2) is 9.31. The fourth-order valence-corrected chi connectivity index (χ4v) is 5.65. The minimum absolute atomic E-state index is 0.0120. The van der Waals surface area contributed by atoms with Crippen LogP contribution in [0.2, 0.25) is 0 Å². The van der Waals surface area contributed by atoms with Crippen LogP contribution >= 0.6 is 0 Å². The molecule has 0 spiro atoms. The average molecular weight is 507 g/mol. The number of aliphatic hydroxyl groups excluding tert-OH is 2. The number of alkyl halides is 3. The Morgan fingerprint density at radius 2 is 1.85 bits per heavy atom. The SMILES string of the molecule is Cc1ccc(Cc2c(NS(=O)(=O)C3(CC(O)CO)CC3)cc(C)c(=O)n2CC(F)(F)F)c(F)c1. The minimum Gasteiger partial charge on any atom is -0.394 e. The van der Waals surface area contributed by atoms with Crippen LogP contribution in [0, 0.1) is 19.7 Å². The number of sulfonamides is 1. The van der Waals surface area contributed by atoms with Gasteiger partial charge >= 0.3 is 6.18 Å². The van der Waals surface area contributed by atoms with Crippen LogP contribution in [0.5, 0.6) is 0 Å². The molecule has 1 heterocycles. The lowest BCUT2D eigenvalue weighted by molar-refractivity contribution is -0.141. The van der Waals surface area contributed by atoms with E-state index in [2.05, 4.69) is 4.72 Å². The van der Waals surface area contributed by atoms with E-state index in [4.69, 9.17) is 5.11 Å². The normalized spacial score (nSPS) is 16.4. The highest BCUT2D eigenvalue weighted by Gasteiger charge is 2.55. The van der Waals surface area contributed by atoms with Gasteiger partial charge < -0.3 is 14.8 Å². The third kappa shape index (κ3) is 5.61. The van der Waals surface area contributed by atoms with Crippen molar-refractivity contribution < 1.29 is 36.2 Å². The standard InChI is InChI=1S/C22H26F4N2O5S/c1-13-3-4-15(17(23)7-13)9-19-18(8-14(2)20(31)28(19)12-22(24,25)26)27-34(32,33)21(5-6-21)10-16(30)11-29/h3-4,7-8,16,27,29-30H,5-6,9-12H2,1-2H3. The number of pyridine rings is 1. The summed E-state index contributed by atoms with van der Waals surface area (Å²) in [6.07, 6.45) is -6.45. The number of rotatable bonds is 9. The Hall–Kier alpha value is -2.44. The molecule has 1 unspecified atom stereocenters. The van der Waals surface area contributed by atoms with E-state index in [9.17, 15) is 35.9 Å². The van der Waals surface area contributed by atoms with Gasteiger partial charge in [-0.1, -0.05) is 12.1 Å². The molecule has 1 aliphatic rings. The molecule has 0 amide bonds. The van der Waals surface area contributed by atoms with Crippen LogP contribution in [-0.2, 0) is 23.0 Å². The van der Waals surface area contributed by atoms with Crippen molar-refractivity contribution in [3.8, 4) is 0 Å². The zero-order valence-corrected chi connectivity index (χ0v) is 19.4. The first-order valence-electron chi connectivity index (χ1n) is 10.5. The Bertz CT molecular complexity index is 1240. The van der Waals surface area contributed by atoms with Crippen LogP contribution in [0.4, 0.5) is 23.2 Å². The van der Waals surface area contributed by atoms with Gasteiger partial charge in [-0.25, -0.2) is 12.8 Å². The molecule has 1 fully saturated rings. The van der Waals surface area contributed by atoms with Crippen molar-refractivity contribution in [3.05, 3.63) is 62.8 Å². The van der Waals surface area contributed by atoms with E-state index in [1.54, 1.807) is 13.0 Å². The van der Waals surface area contributed by atoms with E-state index in [1.807, 2.05) is 0 Å². The van der Waals surface area contributed by atoms with Crippen LogP contribution in [-0.4, -0.2) is 46.8 Å². The number of nitrogens with one attached hydrogen (secondary N) is 1. The van der Waals surface area contributed by atoms with E-state index in [0.717, 1.165) is 6.07 Å². The van der Waals surface area contributed by atoms with Crippen LogP contribution in [0.3, 0.4) is 0 Å². The first-order valence-corrected chi connectivity index (χ1v) is 12.0. The largest absolute Gasteiger partial charge is 0.406 e. The Kier molecular flexibility index (Phi) is 7.16. The summed E-state index contributed by atoms with van der Waals surface area (Å²) in [5, 5.41) is 18.9. The summed E-state index contributed by atoms with van der Waals surface area (Å²) in [6, 6.07) is 5.24. The third-order valence-corrected chi connectivity index (χ3v) is 8.13. The number of aliphatic hydroxyl groups is 2. The molecule has 3 N–H and O–H groups in total. The molecule has 1 atom stereocenters. The topological polar surface area (TPSA) is 109 Å². The van der Waals surface area contributed by atoms with E-state index < -0.39 is 58.0 Å². The number of nitrogens with zero attached hydrogens (tertiary/aromatic N) is 1. The highest BCUT2D eigenvalue weighted by Crippen LogP contribution is 2.48. The van der Waals surface area contributed by atoms with E-state index in [1.165, 1.54) is 19.1 Å². The number of aromatic nitrogens is 1. The van der Waals surface area contributed by atoms with Crippen molar-refractivity contribution >= 4 is 15.7 Å². The molecular formula is C22H26F4N2O5S. The zero-order chi connectivity index (χ0) is 25.5. The van der Waals surface area contributed by atoms with Crippen molar-refractivity contribution in [3.63, 3.8) is 0 Å². The lowest BCUT2D eigenvalue weighted by atomic mass is 10.0. The second-order valence-corrected chi connectivity index (χ2v) is 10.9. The first kappa shape index (κ1) is 26.2. The summed E-state index contributed by atoms with van der Waals surface area (Å²) in [6.45, 7) is 0.559. The van der Waals surface area contributed by atoms with E-state index >= 15 is 0 Å². The van der Waals surface area contributed by atoms with Crippen LogP contribution < -0.4 is 10.3 Å². The maximum absolute atomic E-state index is 14.5. The lowest BCUT2D eigenvalue weighted by Gasteiger charge is -2.24. The molecule has 12 heteroatoms. The maximum Gasteiger partial charge on any atom is 0.406 e. The Labute approximate surface area is 194 Å². The molecular weight excluding hydrogens is 480 g/mol. The van der Waals surface area contributed by atoms with Crippen LogP contribution in [0.1, 0.15) is 41.6 Å². The molecule has 188 valence electrons. The van der Waals surface area contributed by atoms with Gasteiger partial charge in [0, 0.05) is 12.0 Å². The highest BCUT2D eigenvalue weighted by molar-refractivity contribution is 7.94. The number of halogens is 4. The van der Waals surface area contributed by atoms with Gasteiger partial charge in [0.2, 0.25) is 10.0 Å². The summed E-state index contributed by atoms with van der Waals surface area (Å²) in [7, 11) is -4.24. The first-order chi connectivity index (χ1) is 15.7. The highest BCUT2D eigenvalue weighted by atomic mass is 32.2. The predicted octanol–water partition coefficient (Wildman–Crippen LogP) is 2.77. The summed E-state index contributed by atoms with van der Waals surface area (Å²) < 4.78 is 82.1. The molecule has 0 saturated heterocycles. The lowest BCUT2D eigenvalue weighted by Crippen LogP contribution is -2.37. The van der Waals surface area contributed by atoms with Gasteiger partial charge in [-0.15, -0.1) is 0 Å². The molecule has 3 rings (SSSR count). The second-order valence-electron chi connectivity index (χ2n) is 8.79. The molecule has 1 aromatic carbocycles. The third-order valence-electron chi connectivity index (χ3n) is 5.92. The van der Waals surface area contributed by atoms with Crippen LogP contribution in [0.15, 0.2) is 29.1 Å². The minimum atomic E-state index is -4.79. The van der Waals surface area contributed by atoms with Gasteiger partial charge in [0.1, 0.15) is 12.4 Å². The fourth-order valence-electron chi connectivity index (χ4n) is 3.91. The van der Waals surface area contributed by atoms with Gasteiger partial charge in [-0.2, -0.15) is 13.2 Å². The summed E-state index contributed by atoms with van der Waals surface area (Å²) in [5.41, 5.74) is -1.14. The summed E-state index contributed by atoms with van der Waals surface area (Å²) in [5.74, 6) is -0.704. The fraction of sp³-hybridized carbons (Fsp3) is 0.500. The molecule has 0 radical (unpaired) electrons. The van der Waals surface area contributed by atoms with E-state index in [0.29, 0.717) is 10.1 Å². The molecule has 1 aromatic heterocycles. The molecule has 34 heavy (non-hydrogen) atoms. The zero-order valence-electron chi connectivity index (χ0n) is 18.6. The summed E-state index contributed by atoms with van der Waals surface area (Å²) in [4.78, 5) is 12.6. The molecule has 0 bridgehead atoms. The molecule has 2 aromatic rings. The average Bonchev–Trinajstić information content (AvgIpc) is 3.50. The molecule has 0 aliphatic heterocycles. The van der Waals surface area contributed by atoms with Gasteiger partial charge in [0.05, 0.1) is 28.8 Å². The monoisotopic (exact) mass is 506 g/mol. The number of anilines is 1. The van der Waals surface area contributed by atoms with Crippen molar-refractivity contribution in [2.75, 3.05) is 11.3 Å². The Morgan fingerprint density at radius 1 is 1.21 bits per heavy atom. The quantitative estimate of drug-likeness (QED) is 0.454. The molecule has 1 aliphatic carbocycles. The number of hydrogen-bond acceptors (Lipinski definition) is 5. The number of aryl methyl sites for hydroxylation is 2.